The Hall–Kier alpha value is -1.22. The Bertz CT molecular complexity index is 380. The van der Waals surface area contributed by atoms with Crippen molar-refractivity contribution >= 4 is 5.78 Å². The van der Waals surface area contributed by atoms with Crippen LogP contribution in [-0.4, -0.2) is 35.8 Å². The van der Waals surface area contributed by atoms with Gasteiger partial charge in [-0.05, 0) is 50.7 Å². The first-order valence-electron chi connectivity index (χ1n) is 6.31. The van der Waals surface area contributed by atoms with Crippen molar-refractivity contribution in [3.63, 3.8) is 0 Å². The highest BCUT2D eigenvalue weighted by atomic mass is 16.1. The maximum atomic E-state index is 12.4. The second-order valence-electron chi connectivity index (χ2n) is 4.90. The van der Waals surface area contributed by atoms with E-state index in [0.29, 0.717) is 12.2 Å². The molecule has 1 saturated heterocycles. The van der Waals surface area contributed by atoms with E-state index < -0.39 is 0 Å². The van der Waals surface area contributed by atoms with Crippen LogP contribution in [0.4, 0.5) is 0 Å². The van der Waals surface area contributed by atoms with E-state index >= 15 is 0 Å². The number of pyridine rings is 1. The Morgan fingerprint density at radius 2 is 1.94 bits per heavy atom. The fourth-order valence-electron chi connectivity index (χ4n) is 2.74. The predicted octanol–water partition coefficient (Wildman–Crippen LogP) is 2.02. The van der Waals surface area contributed by atoms with Gasteiger partial charge in [0.15, 0.2) is 0 Å². The van der Waals surface area contributed by atoms with Gasteiger partial charge in [0.05, 0.1) is 5.41 Å². The summed E-state index contributed by atoms with van der Waals surface area (Å²) >= 11 is 0. The third-order valence-electron chi connectivity index (χ3n) is 3.93. The second-order valence-corrected chi connectivity index (χ2v) is 4.90. The third-order valence-corrected chi connectivity index (χ3v) is 3.93. The van der Waals surface area contributed by atoms with E-state index in [1.54, 1.807) is 12.4 Å². The molecule has 0 radical (unpaired) electrons. The minimum Gasteiger partial charge on any atom is -0.306 e. The molecule has 2 heterocycles. The van der Waals surface area contributed by atoms with Crippen LogP contribution in [0.5, 0.6) is 0 Å². The Morgan fingerprint density at radius 1 is 1.35 bits per heavy atom. The quantitative estimate of drug-likeness (QED) is 0.799. The van der Waals surface area contributed by atoms with Gasteiger partial charge in [0.25, 0.3) is 0 Å². The van der Waals surface area contributed by atoms with Crippen LogP contribution in [0.25, 0.3) is 0 Å². The number of nitrogens with zero attached hydrogens (tertiary/aromatic N) is 2. The summed E-state index contributed by atoms with van der Waals surface area (Å²) in [5, 5.41) is 0. The van der Waals surface area contributed by atoms with Gasteiger partial charge in [-0.1, -0.05) is 6.92 Å². The van der Waals surface area contributed by atoms with Crippen LogP contribution >= 0.6 is 0 Å². The molecule has 1 aliphatic rings. The molecule has 0 bridgehead atoms. The molecule has 92 valence electrons. The normalized spacial score (nSPS) is 20.1. The van der Waals surface area contributed by atoms with E-state index in [1.807, 2.05) is 19.1 Å². The van der Waals surface area contributed by atoms with Crippen molar-refractivity contribution in [2.75, 3.05) is 20.1 Å². The van der Waals surface area contributed by atoms with Crippen molar-refractivity contribution < 1.29 is 4.79 Å². The number of ketones is 1. The zero-order chi connectivity index (χ0) is 12.3. The third kappa shape index (κ3) is 2.25. The van der Waals surface area contributed by atoms with Gasteiger partial charge >= 0.3 is 0 Å². The highest BCUT2D eigenvalue weighted by Gasteiger charge is 2.40. The van der Waals surface area contributed by atoms with Gasteiger partial charge < -0.3 is 4.90 Å². The van der Waals surface area contributed by atoms with Gasteiger partial charge in [0, 0.05) is 18.8 Å². The Labute approximate surface area is 103 Å². The lowest BCUT2D eigenvalue weighted by Gasteiger charge is -2.39. The molecule has 0 unspecified atom stereocenters. The molecular formula is C14H20N2O. The number of hydrogen-bond acceptors (Lipinski definition) is 3. The van der Waals surface area contributed by atoms with Crippen LogP contribution in [0, 0.1) is 0 Å². The number of rotatable bonds is 3. The fraction of sp³-hybridized carbons (Fsp3) is 0.571. The average molecular weight is 232 g/mol. The highest BCUT2D eigenvalue weighted by molar-refractivity contribution is 5.90. The molecule has 0 N–H and O–H groups in total. The van der Waals surface area contributed by atoms with Crippen LogP contribution in [0.15, 0.2) is 24.5 Å². The largest absolute Gasteiger partial charge is 0.306 e. The van der Waals surface area contributed by atoms with Crippen molar-refractivity contribution in [1.29, 1.82) is 0 Å². The first-order chi connectivity index (χ1) is 8.19. The Kier molecular flexibility index (Phi) is 3.57. The van der Waals surface area contributed by atoms with Crippen molar-refractivity contribution in [1.82, 2.24) is 9.88 Å². The van der Waals surface area contributed by atoms with E-state index in [4.69, 9.17) is 0 Å². The van der Waals surface area contributed by atoms with Crippen molar-refractivity contribution in [2.24, 2.45) is 0 Å². The van der Waals surface area contributed by atoms with E-state index in [0.717, 1.165) is 31.5 Å². The van der Waals surface area contributed by atoms with E-state index in [9.17, 15) is 4.79 Å². The molecule has 1 aliphatic heterocycles. The molecular weight excluding hydrogens is 212 g/mol. The first kappa shape index (κ1) is 12.2. The summed E-state index contributed by atoms with van der Waals surface area (Å²) < 4.78 is 0. The molecule has 0 amide bonds. The molecule has 0 saturated carbocycles. The molecule has 17 heavy (non-hydrogen) atoms. The van der Waals surface area contributed by atoms with Crippen LogP contribution < -0.4 is 0 Å². The van der Waals surface area contributed by atoms with Gasteiger partial charge in [-0.3, -0.25) is 9.78 Å². The van der Waals surface area contributed by atoms with Crippen LogP contribution in [0.2, 0.25) is 0 Å². The summed E-state index contributed by atoms with van der Waals surface area (Å²) in [6.07, 6.45) is 6.06. The number of hydrogen-bond donors (Lipinski definition) is 0. The van der Waals surface area contributed by atoms with Crippen molar-refractivity contribution in [3.8, 4) is 0 Å². The first-order valence-corrected chi connectivity index (χ1v) is 6.31. The SMILES string of the molecule is CCC(=O)C1(c2ccncc2)CCN(C)CC1. The molecule has 0 atom stereocenters. The molecule has 0 aliphatic carbocycles. The van der Waals surface area contributed by atoms with Gasteiger partial charge in [-0.2, -0.15) is 0 Å². The maximum absolute atomic E-state index is 12.4. The zero-order valence-corrected chi connectivity index (χ0v) is 10.6. The zero-order valence-electron chi connectivity index (χ0n) is 10.6. The molecule has 1 aromatic rings. The van der Waals surface area contributed by atoms with Gasteiger partial charge in [0.2, 0.25) is 0 Å². The topological polar surface area (TPSA) is 33.2 Å². The van der Waals surface area contributed by atoms with E-state index in [-0.39, 0.29) is 5.41 Å². The van der Waals surface area contributed by atoms with Gasteiger partial charge in [-0.15, -0.1) is 0 Å². The summed E-state index contributed by atoms with van der Waals surface area (Å²) in [7, 11) is 2.12. The summed E-state index contributed by atoms with van der Waals surface area (Å²) in [6, 6.07) is 4.00. The van der Waals surface area contributed by atoms with Gasteiger partial charge in [0.1, 0.15) is 5.78 Å². The summed E-state index contributed by atoms with van der Waals surface area (Å²) in [5.74, 6) is 0.372. The van der Waals surface area contributed by atoms with Crippen molar-refractivity contribution in [3.05, 3.63) is 30.1 Å². The minimum absolute atomic E-state index is 0.260. The Balaban J connectivity index is 2.35. The number of carbonyl (C=O) groups is 1. The fourth-order valence-corrected chi connectivity index (χ4v) is 2.74. The molecule has 3 heteroatoms. The number of likely N-dealkylation sites (tertiary alicyclic amines) is 1. The number of Topliss-reactive ketones (excluding diaryl/α,β-unsaturated/α-hetero) is 1. The van der Waals surface area contributed by atoms with Gasteiger partial charge in [-0.25, -0.2) is 0 Å². The average Bonchev–Trinajstić information content (AvgIpc) is 2.40. The summed E-state index contributed by atoms with van der Waals surface area (Å²) in [6.45, 7) is 3.95. The molecule has 1 fully saturated rings. The summed E-state index contributed by atoms with van der Waals surface area (Å²) in [5.41, 5.74) is 0.886. The van der Waals surface area contributed by atoms with E-state index in [2.05, 4.69) is 16.9 Å². The number of piperidine rings is 1. The molecule has 0 aromatic carbocycles. The molecule has 1 aromatic heterocycles. The van der Waals surface area contributed by atoms with Crippen molar-refractivity contribution in [2.45, 2.75) is 31.6 Å². The number of aromatic nitrogens is 1. The van der Waals surface area contributed by atoms with Crippen LogP contribution in [-0.2, 0) is 10.2 Å². The number of carbonyl (C=O) groups excluding carboxylic acids is 1. The van der Waals surface area contributed by atoms with Crippen LogP contribution in [0.1, 0.15) is 31.7 Å². The maximum Gasteiger partial charge on any atom is 0.143 e. The van der Waals surface area contributed by atoms with Crippen LogP contribution in [0.3, 0.4) is 0 Å². The lowest BCUT2D eigenvalue weighted by Crippen LogP contribution is -2.45. The molecule has 3 nitrogen and oxygen atoms in total. The summed E-state index contributed by atoms with van der Waals surface area (Å²) in [4.78, 5) is 18.7. The second kappa shape index (κ2) is 4.96. The predicted molar refractivity (Wildman–Crippen MR) is 67.9 cm³/mol. The smallest absolute Gasteiger partial charge is 0.143 e. The lowest BCUT2D eigenvalue weighted by atomic mass is 9.69. The highest BCUT2D eigenvalue weighted by Crippen LogP contribution is 2.36. The monoisotopic (exact) mass is 232 g/mol. The van der Waals surface area contributed by atoms with E-state index in [1.165, 1.54) is 0 Å². The standard InChI is InChI=1S/C14H20N2O/c1-3-13(17)14(6-10-16(2)11-7-14)12-4-8-15-9-5-12/h4-5,8-9H,3,6-7,10-11H2,1-2H3. The Morgan fingerprint density at radius 3 is 2.47 bits per heavy atom. The lowest BCUT2D eigenvalue weighted by molar-refractivity contribution is -0.126. The molecule has 0 spiro atoms. The minimum atomic E-state index is -0.260. The molecule has 2 rings (SSSR count).